The fourth-order valence-corrected chi connectivity index (χ4v) is 5.44. The molecule has 0 radical (unpaired) electrons. The van der Waals surface area contributed by atoms with E-state index in [1.807, 2.05) is 6.92 Å². The van der Waals surface area contributed by atoms with E-state index in [0.29, 0.717) is 17.9 Å². The van der Waals surface area contributed by atoms with Crippen molar-refractivity contribution < 1.29 is 14.6 Å². The minimum atomic E-state index is -0.510. The Labute approximate surface area is 170 Å². The van der Waals surface area contributed by atoms with Crippen molar-refractivity contribution in [3.63, 3.8) is 0 Å². The average Bonchev–Trinajstić information content (AvgIpc) is 3.02. The molecule has 0 spiro atoms. The number of hydrogen-bond acceptors (Lipinski definition) is 6. The number of rotatable bonds is 4. The molecule has 1 aromatic carbocycles. The third-order valence-corrected chi connectivity index (χ3v) is 6.65. The van der Waals surface area contributed by atoms with E-state index in [-0.39, 0.29) is 11.7 Å². The molecule has 0 bridgehead atoms. The molecule has 0 fully saturated rings. The van der Waals surface area contributed by atoms with E-state index in [4.69, 9.17) is 4.74 Å². The molecule has 3 heterocycles. The summed E-state index contributed by atoms with van der Waals surface area (Å²) < 4.78 is 6.29. The molecule has 0 unspecified atom stereocenters. The van der Waals surface area contributed by atoms with Gasteiger partial charge in [-0.15, -0.1) is 11.3 Å². The Hall–Kier alpha value is -1.77. The Balaban J connectivity index is 1.69. The number of anilines is 1. The van der Waals surface area contributed by atoms with Gasteiger partial charge in [-0.05, 0) is 37.6 Å². The number of nitrogens with zero attached hydrogens (tertiary/aromatic N) is 1. The predicted molar refractivity (Wildman–Crippen MR) is 110 cm³/mol. The van der Waals surface area contributed by atoms with Crippen LogP contribution in [-0.2, 0) is 13.0 Å². The smallest absolute Gasteiger partial charge is 0.256 e. The SMILES string of the molecule is CCOc1cc(Br)cc([C@H]2NC(=O)c3c(sc4c3CCN(CC)C4)N2)c1O. The Morgan fingerprint density at radius 2 is 2.19 bits per heavy atom. The molecule has 0 aliphatic carbocycles. The fourth-order valence-electron chi connectivity index (χ4n) is 3.67. The van der Waals surface area contributed by atoms with Crippen LogP contribution in [0.2, 0.25) is 0 Å². The fraction of sp³-hybridized carbons (Fsp3) is 0.421. The summed E-state index contributed by atoms with van der Waals surface area (Å²) in [4.78, 5) is 16.5. The van der Waals surface area contributed by atoms with Gasteiger partial charge in [-0.3, -0.25) is 9.69 Å². The van der Waals surface area contributed by atoms with Gasteiger partial charge in [-0.2, -0.15) is 0 Å². The Bertz CT molecular complexity index is 899. The maximum atomic E-state index is 12.9. The van der Waals surface area contributed by atoms with Crippen LogP contribution in [0.15, 0.2) is 16.6 Å². The number of likely N-dealkylation sites (N-methyl/N-ethyl adjacent to an activating group) is 1. The normalized spacial score (nSPS) is 19.1. The summed E-state index contributed by atoms with van der Waals surface area (Å²) in [5, 5.41) is 17.9. The van der Waals surface area contributed by atoms with Crippen molar-refractivity contribution in [2.75, 3.05) is 25.0 Å². The van der Waals surface area contributed by atoms with Crippen LogP contribution in [0.3, 0.4) is 0 Å². The van der Waals surface area contributed by atoms with Crippen LogP contribution in [0.1, 0.15) is 46.4 Å². The number of phenolic OH excluding ortho intramolecular Hbond substituents is 1. The number of benzene rings is 1. The summed E-state index contributed by atoms with van der Waals surface area (Å²) in [5.74, 6) is 0.348. The number of carbonyl (C=O) groups is 1. The van der Waals surface area contributed by atoms with Crippen molar-refractivity contribution in [1.29, 1.82) is 0 Å². The second kappa shape index (κ2) is 7.33. The first kappa shape index (κ1) is 18.6. The van der Waals surface area contributed by atoms with Crippen molar-refractivity contribution in [2.45, 2.75) is 33.0 Å². The van der Waals surface area contributed by atoms with E-state index < -0.39 is 6.17 Å². The minimum Gasteiger partial charge on any atom is -0.504 e. The molecule has 6 nitrogen and oxygen atoms in total. The molecule has 2 aromatic rings. The number of aromatic hydroxyl groups is 1. The van der Waals surface area contributed by atoms with Crippen LogP contribution < -0.4 is 15.4 Å². The standard InChI is InChI=1S/C19H22BrN3O3S/c1-3-23-6-5-11-14(9-23)27-19-15(11)18(25)21-17(22-19)12-7-10(20)8-13(16(12)24)26-4-2/h7-8,17,22,24H,3-6,9H2,1-2H3,(H,21,25)/t17-/m0/s1. The molecular formula is C19H22BrN3O3S. The molecule has 4 rings (SSSR count). The molecule has 2 aliphatic heterocycles. The topological polar surface area (TPSA) is 73.8 Å². The number of fused-ring (bicyclic) bond motifs is 3. The summed E-state index contributed by atoms with van der Waals surface area (Å²) in [6, 6.07) is 3.52. The van der Waals surface area contributed by atoms with Crippen molar-refractivity contribution in [3.05, 3.63) is 38.2 Å². The summed E-state index contributed by atoms with van der Waals surface area (Å²) in [7, 11) is 0. The highest BCUT2D eigenvalue weighted by Crippen LogP contribution is 2.43. The second-order valence-electron chi connectivity index (χ2n) is 6.65. The second-order valence-corrected chi connectivity index (χ2v) is 8.67. The average molecular weight is 452 g/mol. The van der Waals surface area contributed by atoms with Crippen molar-refractivity contribution >= 4 is 38.2 Å². The summed E-state index contributed by atoms with van der Waals surface area (Å²) in [6.07, 6.45) is 0.384. The highest BCUT2D eigenvalue weighted by Gasteiger charge is 2.34. The Morgan fingerprint density at radius 1 is 1.37 bits per heavy atom. The van der Waals surface area contributed by atoms with Gasteiger partial charge >= 0.3 is 0 Å². The highest BCUT2D eigenvalue weighted by atomic mass is 79.9. The molecule has 2 aliphatic rings. The summed E-state index contributed by atoms with van der Waals surface area (Å²) >= 11 is 5.10. The van der Waals surface area contributed by atoms with Gasteiger partial charge in [-0.1, -0.05) is 22.9 Å². The van der Waals surface area contributed by atoms with Gasteiger partial charge in [-0.25, -0.2) is 0 Å². The van der Waals surface area contributed by atoms with Crippen LogP contribution in [0.4, 0.5) is 5.00 Å². The molecule has 8 heteroatoms. The van der Waals surface area contributed by atoms with Gasteiger partial charge in [0, 0.05) is 28.0 Å². The first-order valence-electron chi connectivity index (χ1n) is 9.11. The largest absolute Gasteiger partial charge is 0.504 e. The first-order chi connectivity index (χ1) is 13.0. The van der Waals surface area contributed by atoms with E-state index >= 15 is 0 Å². The highest BCUT2D eigenvalue weighted by molar-refractivity contribution is 9.10. The molecule has 27 heavy (non-hydrogen) atoms. The van der Waals surface area contributed by atoms with Gasteiger partial charge in [0.15, 0.2) is 11.5 Å². The van der Waals surface area contributed by atoms with Crippen LogP contribution in [0.5, 0.6) is 11.5 Å². The van der Waals surface area contributed by atoms with Crippen molar-refractivity contribution in [3.8, 4) is 11.5 Å². The number of ether oxygens (including phenoxy) is 1. The molecule has 0 saturated carbocycles. The number of carbonyl (C=O) groups excluding carboxylic acids is 1. The van der Waals surface area contributed by atoms with Gasteiger partial charge < -0.3 is 20.5 Å². The zero-order valence-electron chi connectivity index (χ0n) is 15.3. The number of hydrogen-bond donors (Lipinski definition) is 3. The van der Waals surface area contributed by atoms with Gasteiger partial charge in [0.2, 0.25) is 0 Å². The van der Waals surface area contributed by atoms with Crippen LogP contribution in [0, 0.1) is 0 Å². The van der Waals surface area contributed by atoms with E-state index in [1.165, 1.54) is 4.88 Å². The van der Waals surface area contributed by atoms with E-state index in [1.54, 1.807) is 23.5 Å². The van der Waals surface area contributed by atoms with Crippen LogP contribution in [0.25, 0.3) is 0 Å². The predicted octanol–water partition coefficient (Wildman–Crippen LogP) is 3.85. The maximum Gasteiger partial charge on any atom is 0.256 e. The third kappa shape index (κ3) is 3.30. The molecular weight excluding hydrogens is 430 g/mol. The number of phenols is 1. The molecule has 1 amide bonds. The minimum absolute atomic E-state index is 0.0415. The molecule has 3 N–H and O–H groups in total. The number of nitrogens with one attached hydrogen (secondary N) is 2. The maximum absolute atomic E-state index is 12.9. The molecule has 144 valence electrons. The van der Waals surface area contributed by atoms with Gasteiger partial charge in [0.05, 0.1) is 12.2 Å². The molecule has 1 aromatic heterocycles. The number of thiophene rings is 1. The van der Waals surface area contributed by atoms with Crippen LogP contribution in [-0.4, -0.2) is 35.6 Å². The van der Waals surface area contributed by atoms with Gasteiger partial charge in [0.25, 0.3) is 5.91 Å². The zero-order valence-corrected chi connectivity index (χ0v) is 17.7. The summed E-state index contributed by atoms with van der Waals surface area (Å²) in [6.45, 7) is 7.35. The van der Waals surface area contributed by atoms with Crippen molar-refractivity contribution in [1.82, 2.24) is 10.2 Å². The van der Waals surface area contributed by atoms with E-state index in [0.717, 1.165) is 46.7 Å². The lowest BCUT2D eigenvalue weighted by molar-refractivity contribution is 0.0934. The number of amides is 1. The molecule has 1 atom stereocenters. The Kier molecular flexibility index (Phi) is 5.05. The lowest BCUT2D eigenvalue weighted by Crippen LogP contribution is -2.39. The quantitative estimate of drug-likeness (QED) is 0.658. The summed E-state index contributed by atoms with van der Waals surface area (Å²) in [5.41, 5.74) is 2.51. The first-order valence-corrected chi connectivity index (χ1v) is 10.7. The molecule has 0 saturated heterocycles. The van der Waals surface area contributed by atoms with Gasteiger partial charge in [0.1, 0.15) is 11.2 Å². The van der Waals surface area contributed by atoms with Crippen LogP contribution >= 0.6 is 27.3 Å². The lowest BCUT2D eigenvalue weighted by Gasteiger charge is -2.28. The van der Waals surface area contributed by atoms with E-state index in [9.17, 15) is 9.90 Å². The monoisotopic (exact) mass is 451 g/mol. The lowest BCUT2D eigenvalue weighted by atomic mass is 10.00. The Morgan fingerprint density at radius 3 is 2.93 bits per heavy atom. The van der Waals surface area contributed by atoms with Crippen molar-refractivity contribution in [2.24, 2.45) is 0 Å². The third-order valence-electron chi connectivity index (χ3n) is 5.04. The van der Waals surface area contributed by atoms with E-state index in [2.05, 4.69) is 38.4 Å². The zero-order chi connectivity index (χ0) is 19.1. The number of halogens is 1.